The minimum absolute atomic E-state index is 0.0483. The van der Waals surface area contributed by atoms with Crippen molar-refractivity contribution in [3.63, 3.8) is 0 Å². The number of hydrogen-bond donors (Lipinski definition) is 2. The molecule has 0 saturated heterocycles. The third-order valence-corrected chi connectivity index (χ3v) is 2.11. The van der Waals surface area contributed by atoms with Crippen molar-refractivity contribution in [1.29, 1.82) is 0 Å². The number of fused-ring (bicyclic) bond motifs is 1. The zero-order chi connectivity index (χ0) is 8.55. The van der Waals surface area contributed by atoms with Crippen LogP contribution in [0.3, 0.4) is 0 Å². The van der Waals surface area contributed by atoms with Crippen molar-refractivity contribution in [3.05, 3.63) is 28.0 Å². The number of aromatic nitrogens is 1. The van der Waals surface area contributed by atoms with E-state index in [1.807, 2.05) is 0 Å². The van der Waals surface area contributed by atoms with Gasteiger partial charge in [-0.1, -0.05) is 0 Å². The van der Waals surface area contributed by atoms with Crippen LogP contribution < -0.4 is 16.6 Å². The lowest BCUT2D eigenvalue weighted by Gasteiger charge is -2.06. The molecule has 0 spiro atoms. The zero-order valence-corrected chi connectivity index (χ0v) is 6.71. The van der Waals surface area contributed by atoms with Crippen LogP contribution in [0.2, 0.25) is 0 Å². The van der Waals surface area contributed by atoms with E-state index in [-0.39, 0.29) is 5.56 Å². The molecule has 4 heteroatoms. The molecule has 64 valence electrons. The molecule has 3 N–H and O–H groups in total. The molecule has 0 bridgehead atoms. The van der Waals surface area contributed by atoms with Crippen molar-refractivity contribution >= 4 is 5.82 Å². The third kappa shape index (κ3) is 0.921. The van der Waals surface area contributed by atoms with Gasteiger partial charge in [0.25, 0.3) is 5.56 Å². The quantitative estimate of drug-likeness (QED) is 0.602. The van der Waals surface area contributed by atoms with Gasteiger partial charge in [0.05, 0.1) is 0 Å². The Labute approximate surface area is 70.0 Å². The van der Waals surface area contributed by atoms with Crippen LogP contribution in [0, 0.1) is 0 Å². The lowest BCUT2D eigenvalue weighted by molar-refractivity contribution is 0.767. The van der Waals surface area contributed by atoms with Gasteiger partial charge in [0.2, 0.25) is 0 Å². The van der Waals surface area contributed by atoms with E-state index in [0.29, 0.717) is 6.54 Å². The highest BCUT2D eigenvalue weighted by Gasteiger charge is 2.13. The predicted molar refractivity (Wildman–Crippen MR) is 47.1 cm³/mol. The molecule has 2 rings (SSSR count). The second kappa shape index (κ2) is 2.64. The van der Waals surface area contributed by atoms with E-state index in [2.05, 4.69) is 5.32 Å². The second-order valence-corrected chi connectivity index (χ2v) is 2.83. The predicted octanol–water partition coefficient (Wildman–Crippen LogP) is -0.268. The molecule has 0 atom stereocenters. The molecule has 0 radical (unpaired) electrons. The average Bonchev–Trinajstić information content (AvgIpc) is 2.54. The van der Waals surface area contributed by atoms with Crippen molar-refractivity contribution in [2.45, 2.75) is 13.1 Å². The summed E-state index contributed by atoms with van der Waals surface area (Å²) in [7, 11) is 0. The van der Waals surface area contributed by atoms with E-state index in [0.717, 1.165) is 24.5 Å². The highest BCUT2D eigenvalue weighted by Crippen LogP contribution is 2.15. The molecular weight excluding hydrogens is 154 g/mol. The number of nitrogens with zero attached hydrogens (tertiary/aromatic N) is 1. The first-order valence-electron chi connectivity index (χ1n) is 3.99. The lowest BCUT2D eigenvalue weighted by atomic mass is 10.2. The van der Waals surface area contributed by atoms with Gasteiger partial charge in [-0.3, -0.25) is 9.36 Å². The largest absolute Gasteiger partial charge is 0.369 e. The maximum Gasteiger partial charge on any atom is 0.252 e. The monoisotopic (exact) mass is 165 g/mol. The van der Waals surface area contributed by atoms with Crippen LogP contribution in [0.1, 0.15) is 5.56 Å². The minimum atomic E-state index is 0.0483. The maximum absolute atomic E-state index is 11.3. The van der Waals surface area contributed by atoms with Gasteiger partial charge in [0, 0.05) is 31.3 Å². The van der Waals surface area contributed by atoms with Crippen LogP contribution in [0.25, 0.3) is 0 Å². The van der Waals surface area contributed by atoms with Crippen LogP contribution in [0.15, 0.2) is 16.9 Å². The summed E-state index contributed by atoms with van der Waals surface area (Å²) in [5.41, 5.74) is 6.57. The van der Waals surface area contributed by atoms with E-state index in [1.54, 1.807) is 16.7 Å². The molecule has 0 aliphatic carbocycles. The topological polar surface area (TPSA) is 60.1 Å². The summed E-state index contributed by atoms with van der Waals surface area (Å²) < 4.78 is 1.72. The molecule has 12 heavy (non-hydrogen) atoms. The summed E-state index contributed by atoms with van der Waals surface area (Å²) in [5.74, 6) is 0.894. The van der Waals surface area contributed by atoms with Gasteiger partial charge in [-0.05, 0) is 6.07 Å². The fraction of sp³-hybridized carbons (Fsp3) is 0.375. The summed E-state index contributed by atoms with van der Waals surface area (Å²) in [6.07, 6.45) is 0. The van der Waals surface area contributed by atoms with E-state index in [1.165, 1.54) is 0 Å². The zero-order valence-electron chi connectivity index (χ0n) is 6.71. The normalized spacial score (nSPS) is 14.1. The number of pyridine rings is 1. The van der Waals surface area contributed by atoms with Crippen LogP contribution >= 0.6 is 0 Å². The van der Waals surface area contributed by atoms with Crippen molar-refractivity contribution in [1.82, 2.24) is 4.57 Å². The lowest BCUT2D eigenvalue weighted by Crippen LogP contribution is -2.18. The molecule has 0 aromatic carbocycles. The molecule has 4 nitrogen and oxygen atoms in total. The molecule has 0 unspecified atom stereocenters. The van der Waals surface area contributed by atoms with Crippen LogP contribution in [-0.2, 0) is 13.1 Å². The van der Waals surface area contributed by atoms with Gasteiger partial charge in [-0.2, -0.15) is 0 Å². The van der Waals surface area contributed by atoms with Gasteiger partial charge >= 0.3 is 0 Å². The van der Waals surface area contributed by atoms with Gasteiger partial charge < -0.3 is 11.1 Å². The Bertz CT molecular complexity index is 356. The fourth-order valence-corrected chi connectivity index (χ4v) is 1.51. The first-order chi connectivity index (χ1) is 5.83. The SMILES string of the molecule is NCc1ccc(=O)n2c1NCC2. The molecule has 1 aromatic rings. The van der Waals surface area contributed by atoms with Gasteiger partial charge in [0.1, 0.15) is 5.82 Å². The second-order valence-electron chi connectivity index (χ2n) is 2.83. The highest BCUT2D eigenvalue weighted by atomic mass is 16.1. The Kier molecular flexibility index (Phi) is 1.62. The van der Waals surface area contributed by atoms with E-state index in [9.17, 15) is 4.79 Å². The number of rotatable bonds is 1. The summed E-state index contributed by atoms with van der Waals surface area (Å²) in [6.45, 7) is 2.05. The van der Waals surface area contributed by atoms with Crippen LogP contribution in [-0.4, -0.2) is 11.1 Å². The summed E-state index contributed by atoms with van der Waals surface area (Å²) in [4.78, 5) is 11.3. The Hall–Kier alpha value is -1.29. The first-order valence-corrected chi connectivity index (χ1v) is 3.99. The van der Waals surface area contributed by atoms with E-state index < -0.39 is 0 Å². The van der Waals surface area contributed by atoms with Crippen molar-refractivity contribution < 1.29 is 0 Å². The first kappa shape index (κ1) is 7.36. The van der Waals surface area contributed by atoms with Gasteiger partial charge in [0.15, 0.2) is 0 Å². The molecule has 2 heterocycles. The maximum atomic E-state index is 11.3. The van der Waals surface area contributed by atoms with E-state index >= 15 is 0 Å². The van der Waals surface area contributed by atoms with Crippen molar-refractivity contribution in [2.75, 3.05) is 11.9 Å². The molecule has 0 fully saturated rings. The molecular formula is C8H11N3O. The van der Waals surface area contributed by atoms with Crippen LogP contribution in [0.4, 0.5) is 5.82 Å². The third-order valence-electron chi connectivity index (χ3n) is 2.11. The molecule has 0 saturated carbocycles. The average molecular weight is 165 g/mol. The molecule has 1 aromatic heterocycles. The number of hydrogen-bond acceptors (Lipinski definition) is 3. The Balaban J connectivity index is 2.64. The number of anilines is 1. The molecule has 0 amide bonds. The molecule has 1 aliphatic rings. The number of nitrogens with two attached hydrogens (primary N) is 1. The fourth-order valence-electron chi connectivity index (χ4n) is 1.51. The Morgan fingerprint density at radius 2 is 2.42 bits per heavy atom. The van der Waals surface area contributed by atoms with Gasteiger partial charge in [-0.15, -0.1) is 0 Å². The summed E-state index contributed by atoms with van der Waals surface area (Å²) in [6, 6.07) is 3.35. The molecule has 1 aliphatic heterocycles. The van der Waals surface area contributed by atoms with Crippen molar-refractivity contribution in [2.24, 2.45) is 5.73 Å². The summed E-state index contributed by atoms with van der Waals surface area (Å²) in [5, 5.41) is 3.14. The van der Waals surface area contributed by atoms with Gasteiger partial charge in [-0.25, -0.2) is 0 Å². The summed E-state index contributed by atoms with van der Waals surface area (Å²) >= 11 is 0. The number of nitrogens with one attached hydrogen (secondary N) is 1. The van der Waals surface area contributed by atoms with Crippen molar-refractivity contribution in [3.8, 4) is 0 Å². The van der Waals surface area contributed by atoms with Crippen LogP contribution in [0.5, 0.6) is 0 Å². The van der Waals surface area contributed by atoms with E-state index in [4.69, 9.17) is 5.73 Å². The standard InChI is InChI=1S/C8H11N3O/c9-5-6-1-2-7(12)11-4-3-10-8(6)11/h1-2,10H,3-5,9H2. The highest BCUT2D eigenvalue weighted by molar-refractivity contribution is 5.47. The minimum Gasteiger partial charge on any atom is -0.369 e. The smallest absolute Gasteiger partial charge is 0.252 e. The Morgan fingerprint density at radius 1 is 1.58 bits per heavy atom. The Morgan fingerprint density at radius 3 is 3.17 bits per heavy atom.